The Balaban J connectivity index is 1.69. The maximum absolute atomic E-state index is 12.1. The molecule has 7 heteroatoms. The van der Waals surface area contributed by atoms with Gasteiger partial charge in [-0.15, -0.1) is 0 Å². The van der Waals surface area contributed by atoms with Gasteiger partial charge in [-0.3, -0.25) is 19.7 Å². The van der Waals surface area contributed by atoms with Crippen molar-refractivity contribution < 1.29 is 18.9 Å². The molecule has 7 nitrogen and oxygen atoms in total. The summed E-state index contributed by atoms with van der Waals surface area (Å²) in [5, 5.41) is 9.53. The number of carbonyl (C=O) groups is 3. The Hall–Kier alpha value is -2.70. The Kier molecular flexibility index (Phi) is 3.62. The van der Waals surface area contributed by atoms with Crippen LogP contribution >= 0.6 is 0 Å². The van der Waals surface area contributed by atoms with E-state index in [0.29, 0.717) is 17.7 Å². The fourth-order valence-electron chi connectivity index (χ4n) is 2.46. The number of imide groups is 1. The lowest BCUT2D eigenvalue weighted by Gasteiger charge is -2.21. The second-order valence-corrected chi connectivity index (χ2v) is 5.38. The number of benzene rings is 1. The third-order valence-corrected chi connectivity index (χ3v) is 3.60. The van der Waals surface area contributed by atoms with Gasteiger partial charge in [0.1, 0.15) is 11.7 Å². The number of nitrogens with one attached hydrogen (secondary N) is 2. The molecule has 0 saturated carbocycles. The molecule has 1 aliphatic heterocycles. The lowest BCUT2D eigenvalue weighted by atomic mass is 10.1. The number of hydrogen-bond acceptors (Lipinski definition) is 5. The first-order chi connectivity index (χ1) is 10.5. The van der Waals surface area contributed by atoms with Crippen LogP contribution in [0.4, 0.5) is 0 Å². The molecular formula is C15H15N3O4. The second kappa shape index (κ2) is 5.59. The van der Waals surface area contributed by atoms with Gasteiger partial charge in [0.2, 0.25) is 17.7 Å². The SMILES string of the molecule is Cc1ccc2onc(CC(=O)NC3CCC(=O)NC3=O)c2c1. The lowest BCUT2D eigenvalue weighted by molar-refractivity contribution is -0.137. The van der Waals surface area contributed by atoms with Crippen molar-refractivity contribution in [3.8, 4) is 0 Å². The van der Waals surface area contributed by atoms with Crippen molar-refractivity contribution in [2.45, 2.75) is 32.2 Å². The van der Waals surface area contributed by atoms with Crippen LogP contribution in [0.5, 0.6) is 0 Å². The van der Waals surface area contributed by atoms with Crippen LogP contribution in [0.15, 0.2) is 22.7 Å². The van der Waals surface area contributed by atoms with E-state index in [9.17, 15) is 14.4 Å². The van der Waals surface area contributed by atoms with Gasteiger partial charge in [0.05, 0.1) is 6.42 Å². The van der Waals surface area contributed by atoms with E-state index in [1.807, 2.05) is 19.1 Å². The zero-order chi connectivity index (χ0) is 15.7. The number of amides is 3. The summed E-state index contributed by atoms with van der Waals surface area (Å²) in [7, 11) is 0. The molecule has 2 aromatic rings. The normalized spacial score (nSPS) is 18.3. The molecule has 0 spiro atoms. The quantitative estimate of drug-likeness (QED) is 0.808. The van der Waals surface area contributed by atoms with Crippen molar-refractivity contribution in [1.82, 2.24) is 15.8 Å². The first kappa shape index (κ1) is 14.2. The van der Waals surface area contributed by atoms with Gasteiger partial charge in [-0.05, 0) is 25.5 Å². The van der Waals surface area contributed by atoms with Gasteiger partial charge in [-0.25, -0.2) is 0 Å². The number of fused-ring (bicyclic) bond motifs is 1. The average molecular weight is 301 g/mol. The number of rotatable bonds is 3. The summed E-state index contributed by atoms with van der Waals surface area (Å²) in [4.78, 5) is 34.8. The lowest BCUT2D eigenvalue weighted by Crippen LogP contribution is -2.52. The summed E-state index contributed by atoms with van der Waals surface area (Å²) in [6, 6.07) is 4.94. The van der Waals surface area contributed by atoms with E-state index in [1.54, 1.807) is 6.07 Å². The smallest absolute Gasteiger partial charge is 0.249 e. The van der Waals surface area contributed by atoms with Crippen LogP contribution in [0, 0.1) is 6.92 Å². The van der Waals surface area contributed by atoms with E-state index < -0.39 is 11.9 Å². The van der Waals surface area contributed by atoms with E-state index in [4.69, 9.17) is 4.52 Å². The molecule has 3 rings (SSSR count). The molecule has 1 saturated heterocycles. The van der Waals surface area contributed by atoms with Crippen LogP contribution < -0.4 is 10.6 Å². The largest absolute Gasteiger partial charge is 0.356 e. The van der Waals surface area contributed by atoms with Crippen molar-refractivity contribution in [2.75, 3.05) is 0 Å². The van der Waals surface area contributed by atoms with E-state index in [-0.39, 0.29) is 24.7 Å². The molecule has 0 radical (unpaired) electrons. The minimum absolute atomic E-state index is 0.0220. The summed E-state index contributed by atoms with van der Waals surface area (Å²) >= 11 is 0. The molecule has 22 heavy (non-hydrogen) atoms. The first-order valence-electron chi connectivity index (χ1n) is 7.01. The van der Waals surface area contributed by atoms with Gasteiger partial charge >= 0.3 is 0 Å². The molecule has 1 unspecified atom stereocenters. The van der Waals surface area contributed by atoms with Gasteiger partial charge in [0.25, 0.3) is 0 Å². The van der Waals surface area contributed by atoms with Crippen LogP contribution in [0.1, 0.15) is 24.1 Å². The summed E-state index contributed by atoms with van der Waals surface area (Å²) in [5.74, 6) is -1.11. The number of hydrogen-bond donors (Lipinski definition) is 2. The van der Waals surface area contributed by atoms with Gasteiger partial charge in [0, 0.05) is 11.8 Å². The minimum Gasteiger partial charge on any atom is -0.356 e. The predicted octanol–water partition coefficient (Wildman–Crippen LogP) is 0.600. The topological polar surface area (TPSA) is 101 Å². The number of aryl methyl sites for hydroxylation is 1. The van der Waals surface area contributed by atoms with Crippen molar-refractivity contribution in [3.05, 3.63) is 29.5 Å². The van der Waals surface area contributed by atoms with E-state index in [1.165, 1.54) is 0 Å². The molecule has 1 atom stereocenters. The number of nitrogens with zero attached hydrogens (tertiary/aromatic N) is 1. The monoisotopic (exact) mass is 301 g/mol. The molecule has 1 aromatic heterocycles. The highest BCUT2D eigenvalue weighted by molar-refractivity contribution is 6.01. The maximum Gasteiger partial charge on any atom is 0.249 e. The molecule has 1 aromatic carbocycles. The van der Waals surface area contributed by atoms with E-state index in [2.05, 4.69) is 15.8 Å². The van der Waals surface area contributed by atoms with Crippen molar-refractivity contribution in [2.24, 2.45) is 0 Å². The molecule has 2 heterocycles. The zero-order valence-electron chi connectivity index (χ0n) is 12.0. The molecule has 1 aliphatic rings. The Morgan fingerprint density at radius 1 is 1.45 bits per heavy atom. The minimum atomic E-state index is -0.676. The maximum atomic E-state index is 12.1. The predicted molar refractivity (Wildman–Crippen MR) is 76.8 cm³/mol. The molecule has 0 bridgehead atoms. The van der Waals surface area contributed by atoms with Crippen molar-refractivity contribution in [3.63, 3.8) is 0 Å². The molecule has 1 fully saturated rings. The number of aromatic nitrogens is 1. The first-order valence-corrected chi connectivity index (χ1v) is 7.01. The average Bonchev–Trinajstić information content (AvgIpc) is 2.84. The number of piperidine rings is 1. The highest BCUT2D eigenvalue weighted by atomic mass is 16.5. The Bertz CT molecular complexity index is 765. The van der Waals surface area contributed by atoms with Crippen LogP contribution in [0.2, 0.25) is 0 Å². The fourth-order valence-corrected chi connectivity index (χ4v) is 2.46. The molecule has 2 N–H and O–H groups in total. The number of carbonyl (C=O) groups excluding carboxylic acids is 3. The van der Waals surface area contributed by atoms with E-state index >= 15 is 0 Å². The van der Waals surface area contributed by atoms with Gasteiger partial charge in [-0.1, -0.05) is 16.8 Å². The Morgan fingerprint density at radius 3 is 3.05 bits per heavy atom. The van der Waals surface area contributed by atoms with Crippen LogP contribution in [0.3, 0.4) is 0 Å². The van der Waals surface area contributed by atoms with Crippen molar-refractivity contribution >= 4 is 28.7 Å². The third kappa shape index (κ3) is 2.83. The van der Waals surface area contributed by atoms with Gasteiger partial charge in [-0.2, -0.15) is 0 Å². The zero-order valence-corrected chi connectivity index (χ0v) is 12.0. The fraction of sp³-hybridized carbons (Fsp3) is 0.333. The van der Waals surface area contributed by atoms with Crippen molar-refractivity contribution in [1.29, 1.82) is 0 Å². The Labute approximate surface area is 126 Å². The van der Waals surface area contributed by atoms with Crippen LogP contribution in [-0.4, -0.2) is 28.9 Å². The highest BCUT2D eigenvalue weighted by Crippen LogP contribution is 2.20. The van der Waals surface area contributed by atoms with Gasteiger partial charge < -0.3 is 9.84 Å². The summed E-state index contributed by atoms with van der Waals surface area (Å²) in [6.07, 6.45) is 0.562. The van der Waals surface area contributed by atoms with Crippen LogP contribution in [0.25, 0.3) is 11.0 Å². The summed E-state index contributed by atoms with van der Waals surface area (Å²) < 4.78 is 5.18. The van der Waals surface area contributed by atoms with Gasteiger partial charge in [0.15, 0.2) is 5.58 Å². The summed E-state index contributed by atoms with van der Waals surface area (Å²) in [6.45, 7) is 1.94. The highest BCUT2D eigenvalue weighted by Gasteiger charge is 2.28. The Morgan fingerprint density at radius 2 is 2.27 bits per heavy atom. The molecule has 114 valence electrons. The third-order valence-electron chi connectivity index (χ3n) is 3.60. The summed E-state index contributed by atoms with van der Waals surface area (Å²) in [5.41, 5.74) is 2.19. The molecule has 3 amide bonds. The van der Waals surface area contributed by atoms with E-state index in [0.717, 1.165) is 10.9 Å². The van der Waals surface area contributed by atoms with Crippen LogP contribution in [-0.2, 0) is 20.8 Å². The molecular weight excluding hydrogens is 286 g/mol. The standard InChI is InChI=1S/C15H15N3O4/c1-8-2-4-12-9(6-8)11(18-22-12)7-14(20)16-10-3-5-13(19)17-15(10)21/h2,4,6,10H,3,5,7H2,1H3,(H,16,20)(H,17,19,21). The second-order valence-electron chi connectivity index (χ2n) is 5.38. The molecule has 0 aliphatic carbocycles.